The minimum absolute atomic E-state index is 0.273. The Kier molecular flexibility index (Phi) is 5.36. The largest absolute Gasteiger partial charge is 0.462 e. The first-order valence-corrected chi connectivity index (χ1v) is 8.00. The minimum atomic E-state index is -0.273. The monoisotopic (exact) mass is 317 g/mol. The lowest BCUT2D eigenvalue weighted by Gasteiger charge is -2.06. The molecule has 0 saturated carbocycles. The number of carbonyl (C=O) groups is 1. The smallest absolute Gasteiger partial charge is 0.338 e. The van der Waals surface area contributed by atoms with Crippen LogP contribution in [0, 0.1) is 0 Å². The van der Waals surface area contributed by atoms with E-state index in [-0.39, 0.29) is 5.97 Å². The van der Waals surface area contributed by atoms with Crippen LogP contribution in [0.25, 0.3) is 0 Å². The van der Waals surface area contributed by atoms with E-state index in [4.69, 9.17) is 4.74 Å². The van der Waals surface area contributed by atoms with Gasteiger partial charge in [0, 0.05) is 18.8 Å². The summed E-state index contributed by atoms with van der Waals surface area (Å²) in [5.74, 6) is -0.273. The zero-order chi connectivity index (χ0) is 16.6. The van der Waals surface area contributed by atoms with E-state index in [0.29, 0.717) is 18.6 Å². The normalized spacial score (nSPS) is 10.3. The van der Waals surface area contributed by atoms with Gasteiger partial charge in [-0.15, -0.1) is 0 Å². The quantitative estimate of drug-likeness (QED) is 0.643. The van der Waals surface area contributed by atoms with Gasteiger partial charge in [-0.25, -0.2) is 4.79 Å². The van der Waals surface area contributed by atoms with Gasteiger partial charge >= 0.3 is 5.97 Å². The summed E-state index contributed by atoms with van der Waals surface area (Å²) in [7, 11) is 0. The summed E-state index contributed by atoms with van der Waals surface area (Å²) < 4.78 is 5.31. The summed E-state index contributed by atoms with van der Waals surface area (Å²) in [5, 5.41) is 0. The molecule has 1 aromatic heterocycles. The van der Waals surface area contributed by atoms with E-state index < -0.39 is 0 Å². The Morgan fingerprint density at radius 3 is 2.12 bits per heavy atom. The molecular weight excluding hydrogens is 298 g/mol. The van der Waals surface area contributed by atoms with E-state index in [1.54, 1.807) is 12.1 Å². The number of esters is 1. The highest BCUT2D eigenvalue weighted by Gasteiger charge is 2.05. The second-order valence-corrected chi connectivity index (χ2v) is 5.60. The van der Waals surface area contributed by atoms with Gasteiger partial charge in [0.2, 0.25) is 0 Å². The van der Waals surface area contributed by atoms with Gasteiger partial charge in [0.1, 0.15) is 0 Å². The molecule has 3 nitrogen and oxygen atoms in total. The number of nitrogens with zero attached hydrogens (tertiary/aromatic N) is 1. The fourth-order valence-electron chi connectivity index (χ4n) is 2.48. The number of hydrogen-bond acceptors (Lipinski definition) is 3. The maximum Gasteiger partial charge on any atom is 0.338 e. The first kappa shape index (κ1) is 15.9. The molecule has 0 bridgehead atoms. The van der Waals surface area contributed by atoms with Crippen LogP contribution in [-0.2, 0) is 17.6 Å². The second-order valence-electron chi connectivity index (χ2n) is 5.60. The van der Waals surface area contributed by atoms with Crippen molar-refractivity contribution in [1.82, 2.24) is 4.98 Å². The molecule has 0 aliphatic rings. The van der Waals surface area contributed by atoms with Gasteiger partial charge in [0.25, 0.3) is 0 Å². The summed E-state index contributed by atoms with van der Waals surface area (Å²) in [5.41, 5.74) is 4.25. The van der Waals surface area contributed by atoms with Gasteiger partial charge in [-0.2, -0.15) is 0 Å². The van der Waals surface area contributed by atoms with Crippen molar-refractivity contribution in [3.05, 3.63) is 101 Å². The molecule has 120 valence electrons. The Morgan fingerprint density at radius 1 is 0.792 bits per heavy atom. The number of ether oxygens (including phenoxy) is 1. The second kappa shape index (κ2) is 8.06. The van der Waals surface area contributed by atoms with Crippen LogP contribution in [0.15, 0.2) is 79.1 Å². The van der Waals surface area contributed by atoms with Gasteiger partial charge in [-0.3, -0.25) is 4.98 Å². The molecule has 3 aromatic rings. The summed E-state index contributed by atoms with van der Waals surface area (Å²) in [4.78, 5) is 15.9. The fraction of sp³-hybridized carbons (Fsp3) is 0.143. The first-order chi connectivity index (χ1) is 11.8. The molecule has 0 saturated heterocycles. The van der Waals surface area contributed by atoms with Crippen molar-refractivity contribution in [3.63, 3.8) is 0 Å². The zero-order valence-corrected chi connectivity index (χ0v) is 13.4. The van der Waals surface area contributed by atoms with E-state index in [1.165, 1.54) is 11.1 Å². The molecule has 3 heteroatoms. The van der Waals surface area contributed by atoms with Crippen molar-refractivity contribution in [3.8, 4) is 0 Å². The summed E-state index contributed by atoms with van der Waals surface area (Å²) in [6.07, 6.45) is 5.23. The van der Waals surface area contributed by atoms with E-state index in [0.717, 1.165) is 12.0 Å². The molecule has 0 amide bonds. The molecule has 0 aliphatic carbocycles. The Bertz CT molecular complexity index is 768. The van der Waals surface area contributed by atoms with Crippen LogP contribution in [-0.4, -0.2) is 17.6 Å². The Morgan fingerprint density at radius 2 is 1.42 bits per heavy atom. The van der Waals surface area contributed by atoms with Crippen molar-refractivity contribution < 1.29 is 9.53 Å². The SMILES string of the molecule is O=C(OCCc1ccc(Cc2ccncc2)cc1)c1ccccc1. The van der Waals surface area contributed by atoms with Crippen LogP contribution in [0.3, 0.4) is 0 Å². The lowest BCUT2D eigenvalue weighted by Crippen LogP contribution is -2.08. The maximum absolute atomic E-state index is 11.9. The lowest BCUT2D eigenvalue weighted by molar-refractivity contribution is 0.0509. The molecule has 0 radical (unpaired) electrons. The predicted molar refractivity (Wildman–Crippen MR) is 93.9 cm³/mol. The van der Waals surface area contributed by atoms with Crippen molar-refractivity contribution in [2.24, 2.45) is 0 Å². The van der Waals surface area contributed by atoms with E-state index in [1.807, 2.05) is 42.7 Å². The number of aromatic nitrogens is 1. The molecule has 1 heterocycles. The molecule has 24 heavy (non-hydrogen) atoms. The molecule has 0 spiro atoms. The van der Waals surface area contributed by atoms with Gasteiger partial charge < -0.3 is 4.74 Å². The highest BCUT2D eigenvalue weighted by atomic mass is 16.5. The van der Waals surface area contributed by atoms with Crippen LogP contribution in [0.5, 0.6) is 0 Å². The molecule has 0 unspecified atom stereocenters. The lowest BCUT2D eigenvalue weighted by atomic mass is 10.0. The third-order valence-electron chi connectivity index (χ3n) is 3.81. The molecule has 3 rings (SSSR count). The van der Waals surface area contributed by atoms with Crippen molar-refractivity contribution in [1.29, 1.82) is 0 Å². The third-order valence-corrected chi connectivity index (χ3v) is 3.81. The third kappa shape index (κ3) is 4.53. The first-order valence-electron chi connectivity index (χ1n) is 8.00. The van der Waals surface area contributed by atoms with Gasteiger partial charge in [-0.1, -0.05) is 42.5 Å². The van der Waals surface area contributed by atoms with Gasteiger partial charge in [0.05, 0.1) is 12.2 Å². The molecule has 2 aromatic carbocycles. The van der Waals surface area contributed by atoms with E-state index in [9.17, 15) is 4.79 Å². The van der Waals surface area contributed by atoms with E-state index >= 15 is 0 Å². The fourth-order valence-corrected chi connectivity index (χ4v) is 2.48. The highest BCUT2D eigenvalue weighted by Crippen LogP contribution is 2.11. The average molecular weight is 317 g/mol. The number of carbonyl (C=O) groups excluding carboxylic acids is 1. The van der Waals surface area contributed by atoms with Crippen LogP contribution < -0.4 is 0 Å². The summed E-state index contributed by atoms with van der Waals surface area (Å²) >= 11 is 0. The standard InChI is InChI=1S/C21H19NO2/c23-21(20-4-2-1-3-5-20)24-15-12-17-6-8-18(9-7-17)16-19-10-13-22-14-11-19/h1-11,13-14H,12,15-16H2. The Hall–Kier alpha value is -2.94. The molecule has 0 N–H and O–H groups in total. The van der Waals surface area contributed by atoms with Crippen molar-refractivity contribution in [2.75, 3.05) is 6.61 Å². The van der Waals surface area contributed by atoms with Crippen molar-refractivity contribution in [2.45, 2.75) is 12.8 Å². The number of rotatable bonds is 6. The molecule has 0 atom stereocenters. The van der Waals surface area contributed by atoms with Gasteiger partial charge in [0.15, 0.2) is 0 Å². The molecular formula is C21H19NO2. The number of pyridine rings is 1. The molecule has 0 aliphatic heterocycles. The Balaban J connectivity index is 1.49. The van der Waals surface area contributed by atoms with Crippen LogP contribution in [0.1, 0.15) is 27.0 Å². The topological polar surface area (TPSA) is 39.2 Å². The minimum Gasteiger partial charge on any atom is -0.462 e. The predicted octanol–water partition coefficient (Wildman–Crippen LogP) is 4.07. The number of hydrogen-bond donors (Lipinski definition) is 0. The summed E-state index contributed by atoms with van der Waals surface area (Å²) in [6.45, 7) is 0.386. The number of benzene rings is 2. The zero-order valence-electron chi connectivity index (χ0n) is 13.4. The van der Waals surface area contributed by atoms with Crippen LogP contribution in [0.4, 0.5) is 0 Å². The highest BCUT2D eigenvalue weighted by molar-refractivity contribution is 5.89. The Labute approximate surface area is 142 Å². The van der Waals surface area contributed by atoms with Crippen LogP contribution in [0.2, 0.25) is 0 Å². The molecule has 0 fully saturated rings. The van der Waals surface area contributed by atoms with E-state index in [2.05, 4.69) is 29.2 Å². The average Bonchev–Trinajstić information content (AvgIpc) is 2.65. The summed E-state index contributed by atoms with van der Waals surface area (Å²) in [6, 6.07) is 21.5. The van der Waals surface area contributed by atoms with Crippen molar-refractivity contribution >= 4 is 5.97 Å². The maximum atomic E-state index is 11.9. The van der Waals surface area contributed by atoms with Gasteiger partial charge in [-0.05, 0) is 47.4 Å². The van der Waals surface area contributed by atoms with Crippen LogP contribution >= 0.6 is 0 Å².